The van der Waals surface area contributed by atoms with E-state index in [1.54, 1.807) is 6.92 Å². The second-order valence-electron chi connectivity index (χ2n) is 5.04. The van der Waals surface area contributed by atoms with Crippen molar-refractivity contribution < 1.29 is 18.3 Å². The van der Waals surface area contributed by atoms with Gasteiger partial charge < -0.3 is 15.2 Å². The Morgan fingerprint density at radius 3 is 2.65 bits per heavy atom. The van der Waals surface area contributed by atoms with Gasteiger partial charge in [0.25, 0.3) is 0 Å². The summed E-state index contributed by atoms with van der Waals surface area (Å²) in [7, 11) is -2.97. The lowest BCUT2D eigenvalue weighted by atomic mass is 10.3. The fourth-order valence-electron chi connectivity index (χ4n) is 1.56. The molecule has 0 aromatic heterocycles. The highest BCUT2D eigenvalue weighted by molar-refractivity contribution is 7.90. The number of hydrogen-bond donors (Lipinski definition) is 2. The van der Waals surface area contributed by atoms with E-state index in [4.69, 9.17) is 4.74 Å². The average Bonchev–Trinajstić information content (AvgIpc) is 2.96. The maximum Gasteiger partial charge on any atom is 0.148 e. The summed E-state index contributed by atoms with van der Waals surface area (Å²) in [6.45, 7) is 3.20. The molecular weight excluding hydrogens is 242 g/mol. The Balaban J connectivity index is 2.03. The maximum atomic E-state index is 11.0. The number of rotatable bonds is 9. The van der Waals surface area contributed by atoms with Gasteiger partial charge in [-0.05, 0) is 25.7 Å². The summed E-state index contributed by atoms with van der Waals surface area (Å²) in [6, 6.07) is -0.150. The fourth-order valence-corrected chi connectivity index (χ4v) is 2.59. The third kappa shape index (κ3) is 8.54. The van der Waals surface area contributed by atoms with E-state index in [1.165, 1.54) is 19.1 Å². The van der Waals surface area contributed by atoms with Crippen molar-refractivity contribution in [2.45, 2.75) is 31.9 Å². The summed E-state index contributed by atoms with van der Waals surface area (Å²) in [5.74, 6) is 0.780. The van der Waals surface area contributed by atoms with Gasteiger partial charge in [0.05, 0.1) is 18.5 Å². The van der Waals surface area contributed by atoms with Crippen molar-refractivity contribution in [1.82, 2.24) is 5.32 Å². The van der Waals surface area contributed by atoms with Gasteiger partial charge in [0, 0.05) is 25.4 Å². The molecule has 2 N–H and O–H groups in total. The van der Waals surface area contributed by atoms with Crippen molar-refractivity contribution in [2.24, 2.45) is 5.92 Å². The second kappa shape index (κ2) is 6.68. The molecule has 6 heteroatoms. The van der Waals surface area contributed by atoms with Crippen molar-refractivity contribution >= 4 is 9.84 Å². The van der Waals surface area contributed by atoms with E-state index >= 15 is 0 Å². The van der Waals surface area contributed by atoms with Gasteiger partial charge in [-0.1, -0.05) is 0 Å². The zero-order valence-corrected chi connectivity index (χ0v) is 11.4. The van der Waals surface area contributed by atoms with E-state index in [2.05, 4.69) is 5.32 Å². The Morgan fingerprint density at radius 2 is 2.12 bits per heavy atom. The van der Waals surface area contributed by atoms with Crippen LogP contribution in [0.25, 0.3) is 0 Å². The van der Waals surface area contributed by atoms with Crippen LogP contribution in [-0.4, -0.2) is 57.4 Å². The summed E-state index contributed by atoms with van der Waals surface area (Å²) >= 11 is 0. The van der Waals surface area contributed by atoms with E-state index in [9.17, 15) is 13.5 Å². The quantitative estimate of drug-likeness (QED) is 0.604. The van der Waals surface area contributed by atoms with Gasteiger partial charge in [0.1, 0.15) is 9.84 Å². The molecule has 0 amide bonds. The summed E-state index contributed by atoms with van der Waals surface area (Å²) in [4.78, 5) is 0. The van der Waals surface area contributed by atoms with Gasteiger partial charge in [-0.3, -0.25) is 0 Å². The molecule has 0 heterocycles. The van der Waals surface area contributed by atoms with Gasteiger partial charge in [-0.25, -0.2) is 8.42 Å². The number of sulfone groups is 1. The molecule has 0 aromatic carbocycles. The standard InChI is InChI=1S/C11H23NO4S/c1-9(8-17(2,14)15)12-5-11(13)7-16-6-10-3-4-10/h9-13H,3-8H2,1-2H3. The summed E-state index contributed by atoms with van der Waals surface area (Å²) in [5.41, 5.74) is 0. The topological polar surface area (TPSA) is 75.6 Å². The number of aliphatic hydroxyl groups excluding tert-OH is 1. The first-order valence-electron chi connectivity index (χ1n) is 6.03. The SMILES string of the molecule is CC(CS(C)(=O)=O)NCC(O)COCC1CC1. The van der Waals surface area contributed by atoms with Gasteiger partial charge in [0.2, 0.25) is 0 Å². The van der Waals surface area contributed by atoms with E-state index < -0.39 is 15.9 Å². The lowest BCUT2D eigenvalue weighted by Gasteiger charge is -2.16. The Bertz CT molecular complexity index is 313. The van der Waals surface area contributed by atoms with Crippen LogP contribution in [0.15, 0.2) is 0 Å². The molecule has 0 aromatic rings. The van der Waals surface area contributed by atoms with E-state index in [0.29, 0.717) is 19.1 Å². The molecule has 2 atom stereocenters. The van der Waals surface area contributed by atoms with Crippen LogP contribution in [0.3, 0.4) is 0 Å². The van der Waals surface area contributed by atoms with Crippen molar-refractivity contribution in [3.05, 3.63) is 0 Å². The van der Waals surface area contributed by atoms with E-state index in [0.717, 1.165) is 6.61 Å². The monoisotopic (exact) mass is 265 g/mol. The largest absolute Gasteiger partial charge is 0.389 e. The summed E-state index contributed by atoms with van der Waals surface area (Å²) in [6.07, 6.45) is 3.11. The van der Waals surface area contributed by atoms with Crippen molar-refractivity contribution in [3.8, 4) is 0 Å². The lowest BCUT2D eigenvalue weighted by molar-refractivity contribution is 0.0318. The van der Waals surface area contributed by atoms with Gasteiger partial charge >= 0.3 is 0 Å². The van der Waals surface area contributed by atoms with Gasteiger partial charge in [0.15, 0.2) is 0 Å². The zero-order valence-electron chi connectivity index (χ0n) is 10.6. The molecule has 1 saturated carbocycles. The summed E-state index contributed by atoms with van der Waals surface area (Å²) in [5, 5.41) is 12.6. The second-order valence-corrected chi connectivity index (χ2v) is 7.22. The number of ether oxygens (including phenoxy) is 1. The van der Waals surface area contributed by atoms with E-state index in [-0.39, 0.29) is 11.8 Å². The third-order valence-electron chi connectivity index (χ3n) is 2.62. The minimum atomic E-state index is -2.97. The first kappa shape index (κ1) is 14.9. The molecule has 102 valence electrons. The molecule has 1 fully saturated rings. The Kier molecular flexibility index (Phi) is 5.85. The molecule has 0 bridgehead atoms. The normalized spacial score (nSPS) is 20.2. The van der Waals surface area contributed by atoms with Gasteiger partial charge in [-0.15, -0.1) is 0 Å². The molecular formula is C11H23NO4S. The van der Waals surface area contributed by atoms with Crippen LogP contribution in [0.4, 0.5) is 0 Å². The zero-order chi connectivity index (χ0) is 12.9. The molecule has 1 aliphatic carbocycles. The van der Waals surface area contributed by atoms with Gasteiger partial charge in [-0.2, -0.15) is 0 Å². The Hall–Kier alpha value is -0.170. The fraction of sp³-hybridized carbons (Fsp3) is 1.00. The van der Waals surface area contributed by atoms with Crippen molar-refractivity contribution in [2.75, 3.05) is 31.8 Å². The molecule has 17 heavy (non-hydrogen) atoms. The molecule has 1 rings (SSSR count). The van der Waals surface area contributed by atoms with Crippen molar-refractivity contribution in [1.29, 1.82) is 0 Å². The highest BCUT2D eigenvalue weighted by atomic mass is 32.2. The highest BCUT2D eigenvalue weighted by Gasteiger charge is 2.21. The third-order valence-corrected chi connectivity index (χ3v) is 3.72. The van der Waals surface area contributed by atoms with Crippen LogP contribution in [0.5, 0.6) is 0 Å². The van der Waals surface area contributed by atoms with Crippen LogP contribution in [-0.2, 0) is 14.6 Å². The average molecular weight is 265 g/mol. The minimum absolute atomic E-state index is 0.0860. The molecule has 0 aliphatic heterocycles. The Morgan fingerprint density at radius 1 is 1.47 bits per heavy atom. The van der Waals surface area contributed by atoms with Crippen LogP contribution in [0, 0.1) is 5.92 Å². The van der Waals surface area contributed by atoms with Crippen LogP contribution in [0.1, 0.15) is 19.8 Å². The number of nitrogens with one attached hydrogen (secondary N) is 1. The highest BCUT2D eigenvalue weighted by Crippen LogP contribution is 2.28. The molecule has 0 radical (unpaired) electrons. The van der Waals surface area contributed by atoms with E-state index in [1.807, 2.05) is 0 Å². The first-order valence-corrected chi connectivity index (χ1v) is 8.10. The number of hydrogen-bond acceptors (Lipinski definition) is 5. The van der Waals surface area contributed by atoms with Crippen LogP contribution < -0.4 is 5.32 Å². The molecule has 5 nitrogen and oxygen atoms in total. The molecule has 2 unspecified atom stereocenters. The lowest BCUT2D eigenvalue weighted by Crippen LogP contribution is -2.39. The maximum absolute atomic E-state index is 11.0. The molecule has 0 spiro atoms. The predicted octanol–water partition coefficient (Wildman–Crippen LogP) is -0.203. The number of aliphatic hydroxyl groups is 1. The Labute approximate surface area is 103 Å². The first-order chi connectivity index (χ1) is 7.87. The molecule has 1 aliphatic rings. The van der Waals surface area contributed by atoms with Crippen molar-refractivity contribution in [3.63, 3.8) is 0 Å². The minimum Gasteiger partial charge on any atom is -0.389 e. The van der Waals surface area contributed by atoms with Crippen LogP contribution in [0.2, 0.25) is 0 Å². The smallest absolute Gasteiger partial charge is 0.148 e. The summed E-state index contributed by atoms with van der Waals surface area (Å²) < 4.78 is 27.4. The molecule has 0 saturated heterocycles. The van der Waals surface area contributed by atoms with Crippen LogP contribution >= 0.6 is 0 Å². The predicted molar refractivity (Wildman–Crippen MR) is 66.7 cm³/mol.